The van der Waals surface area contributed by atoms with Crippen molar-refractivity contribution in [3.8, 4) is 0 Å². The van der Waals surface area contributed by atoms with Crippen LogP contribution in [0.2, 0.25) is 0 Å². The standard InChI is InChI=1S/C14H23NO6/c1-14(2,3)13-15(9(8-21-13)12(18)19)10(16)6-5-7-11(17)20-4/h9,13H,5-8H2,1-4H3,(H,18,19)/t9-,13+/m0/s1. The number of carbonyl (C=O) groups is 3. The zero-order valence-corrected chi connectivity index (χ0v) is 12.9. The molecular formula is C14H23NO6. The summed E-state index contributed by atoms with van der Waals surface area (Å²) >= 11 is 0. The van der Waals surface area contributed by atoms with Gasteiger partial charge in [-0.2, -0.15) is 0 Å². The van der Waals surface area contributed by atoms with Crippen molar-refractivity contribution < 1.29 is 29.0 Å². The normalized spacial score (nSPS) is 22.2. The van der Waals surface area contributed by atoms with E-state index in [9.17, 15) is 19.5 Å². The molecule has 1 N–H and O–H groups in total. The molecule has 1 fully saturated rings. The lowest BCUT2D eigenvalue weighted by Crippen LogP contribution is -2.50. The van der Waals surface area contributed by atoms with Crippen LogP contribution in [0.3, 0.4) is 0 Å². The third kappa shape index (κ3) is 4.42. The Labute approximate surface area is 124 Å². The van der Waals surface area contributed by atoms with Gasteiger partial charge in [-0.1, -0.05) is 20.8 Å². The number of esters is 1. The van der Waals surface area contributed by atoms with Gasteiger partial charge in [0.2, 0.25) is 5.91 Å². The smallest absolute Gasteiger partial charge is 0.328 e. The molecule has 0 saturated carbocycles. The summed E-state index contributed by atoms with van der Waals surface area (Å²) in [5, 5.41) is 9.22. The lowest BCUT2D eigenvalue weighted by atomic mass is 9.93. The molecule has 0 spiro atoms. The predicted molar refractivity (Wildman–Crippen MR) is 73.3 cm³/mol. The zero-order valence-electron chi connectivity index (χ0n) is 12.9. The number of nitrogens with zero attached hydrogens (tertiary/aromatic N) is 1. The predicted octanol–water partition coefficient (Wildman–Crippen LogP) is 1.01. The lowest BCUT2D eigenvalue weighted by molar-refractivity contribution is -0.154. The third-order valence-electron chi connectivity index (χ3n) is 3.31. The summed E-state index contributed by atoms with van der Waals surface area (Å²) in [7, 11) is 1.29. The highest BCUT2D eigenvalue weighted by atomic mass is 16.5. The number of carbonyl (C=O) groups excluding carboxylic acids is 2. The quantitative estimate of drug-likeness (QED) is 0.762. The molecule has 0 bridgehead atoms. The Morgan fingerprint density at radius 3 is 2.38 bits per heavy atom. The molecule has 1 amide bonds. The largest absolute Gasteiger partial charge is 0.480 e. The molecule has 1 aliphatic rings. The van der Waals surface area contributed by atoms with Crippen molar-refractivity contribution in [2.24, 2.45) is 5.41 Å². The van der Waals surface area contributed by atoms with Gasteiger partial charge in [-0.05, 0) is 6.42 Å². The van der Waals surface area contributed by atoms with E-state index in [4.69, 9.17) is 4.74 Å². The number of aliphatic carboxylic acids is 1. The van der Waals surface area contributed by atoms with E-state index in [-0.39, 0.29) is 36.7 Å². The van der Waals surface area contributed by atoms with E-state index in [0.29, 0.717) is 6.42 Å². The van der Waals surface area contributed by atoms with Crippen LogP contribution in [0.15, 0.2) is 0 Å². The van der Waals surface area contributed by atoms with Crippen LogP contribution in [0.5, 0.6) is 0 Å². The van der Waals surface area contributed by atoms with Crippen molar-refractivity contribution in [2.75, 3.05) is 13.7 Å². The molecule has 1 saturated heterocycles. The number of rotatable bonds is 5. The summed E-state index contributed by atoms with van der Waals surface area (Å²) in [6.45, 7) is 5.64. The van der Waals surface area contributed by atoms with Crippen molar-refractivity contribution in [2.45, 2.75) is 52.3 Å². The van der Waals surface area contributed by atoms with E-state index in [0.717, 1.165) is 0 Å². The minimum absolute atomic E-state index is 0.0139. The SMILES string of the molecule is COC(=O)CCCC(=O)N1[C@H](C(=O)O)CO[C@@H]1C(C)(C)C. The maximum atomic E-state index is 12.3. The van der Waals surface area contributed by atoms with Crippen molar-refractivity contribution in [1.29, 1.82) is 0 Å². The van der Waals surface area contributed by atoms with E-state index in [2.05, 4.69) is 4.74 Å². The Balaban J connectivity index is 2.74. The summed E-state index contributed by atoms with van der Waals surface area (Å²) in [6, 6.07) is -0.972. The maximum Gasteiger partial charge on any atom is 0.328 e. The molecule has 0 unspecified atom stereocenters. The second-order valence-electron chi connectivity index (χ2n) is 6.14. The summed E-state index contributed by atoms with van der Waals surface area (Å²) in [5.74, 6) is -1.78. The molecule has 0 radical (unpaired) electrons. The molecular weight excluding hydrogens is 278 g/mol. The fourth-order valence-electron chi connectivity index (χ4n) is 2.28. The van der Waals surface area contributed by atoms with E-state index in [1.165, 1.54) is 12.0 Å². The number of hydrogen-bond acceptors (Lipinski definition) is 5. The molecule has 1 aliphatic heterocycles. The molecule has 0 aromatic heterocycles. The van der Waals surface area contributed by atoms with Crippen LogP contribution in [0.1, 0.15) is 40.0 Å². The van der Waals surface area contributed by atoms with Crippen LogP contribution in [0, 0.1) is 5.41 Å². The minimum atomic E-state index is -1.08. The first-order valence-corrected chi connectivity index (χ1v) is 6.91. The van der Waals surface area contributed by atoms with Crippen LogP contribution in [-0.4, -0.2) is 53.8 Å². The average molecular weight is 301 g/mol. The van der Waals surface area contributed by atoms with Crippen LogP contribution in [0.4, 0.5) is 0 Å². The van der Waals surface area contributed by atoms with Gasteiger partial charge in [0.05, 0.1) is 13.7 Å². The summed E-state index contributed by atoms with van der Waals surface area (Å²) in [5.41, 5.74) is -0.387. The van der Waals surface area contributed by atoms with E-state index < -0.39 is 18.2 Å². The monoisotopic (exact) mass is 301 g/mol. The van der Waals surface area contributed by atoms with Gasteiger partial charge in [0.15, 0.2) is 6.04 Å². The van der Waals surface area contributed by atoms with Crippen LogP contribution >= 0.6 is 0 Å². The van der Waals surface area contributed by atoms with Crippen LogP contribution < -0.4 is 0 Å². The number of hydrogen-bond donors (Lipinski definition) is 1. The number of carboxylic acids is 1. The fraction of sp³-hybridized carbons (Fsp3) is 0.786. The molecule has 0 aromatic rings. The number of carboxylic acid groups (broad SMARTS) is 1. The Morgan fingerprint density at radius 2 is 1.90 bits per heavy atom. The number of ether oxygens (including phenoxy) is 2. The topological polar surface area (TPSA) is 93.1 Å². The number of methoxy groups -OCH3 is 1. The molecule has 7 nitrogen and oxygen atoms in total. The highest BCUT2D eigenvalue weighted by molar-refractivity contribution is 5.84. The first kappa shape index (κ1) is 17.4. The van der Waals surface area contributed by atoms with Gasteiger partial charge in [-0.25, -0.2) is 4.79 Å². The molecule has 120 valence electrons. The van der Waals surface area contributed by atoms with Gasteiger partial charge >= 0.3 is 11.9 Å². The number of amides is 1. The second-order valence-corrected chi connectivity index (χ2v) is 6.14. The Hall–Kier alpha value is -1.63. The van der Waals surface area contributed by atoms with Gasteiger partial charge in [0.25, 0.3) is 0 Å². The first-order valence-electron chi connectivity index (χ1n) is 6.91. The Morgan fingerprint density at radius 1 is 1.29 bits per heavy atom. The van der Waals surface area contributed by atoms with E-state index in [1.54, 1.807) is 0 Å². The minimum Gasteiger partial charge on any atom is -0.480 e. The van der Waals surface area contributed by atoms with Crippen LogP contribution in [-0.2, 0) is 23.9 Å². The summed E-state index contributed by atoms with van der Waals surface area (Å²) < 4.78 is 10.0. The average Bonchev–Trinajstić information content (AvgIpc) is 2.83. The van der Waals surface area contributed by atoms with Gasteiger partial charge in [0, 0.05) is 18.3 Å². The van der Waals surface area contributed by atoms with Crippen molar-refractivity contribution >= 4 is 17.8 Å². The molecule has 2 atom stereocenters. The van der Waals surface area contributed by atoms with E-state index >= 15 is 0 Å². The van der Waals surface area contributed by atoms with E-state index in [1.807, 2.05) is 20.8 Å². The summed E-state index contributed by atoms with van der Waals surface area (Å²) in [4.78, 5) is 35.9. The molecule has 0 aromatic carbocycles. The third-order valence-corrected chi connectivity index (χ3v) is 3.31. The molecule has 1 heterocycles. The highest BCUT2D eigenvalue weighted by Crippen LogP contribution is 2.32. The fourth-order valence-corrected chi connectivity index (χ4v) is 2.28. The Bertz CT molecular complexity index is 414. The van der Waals surface area contributed by atoms with Crippen LogP contribution in [0.25, 0.3) is 0 Å². The highest BCUT2D eigenvalue weighted by Gasteiger charge is 2.46. The molecule has 1 rings (SSSR count). The van der Waals surface area contributed by atoms with Crippen molar-refractivity contribution in [3.63, 3.8) is 0 Å². The van der Waals surface area contributed by atoms with Gasteiger partial charge in [-0.3, -0.25) is 9.59 Å². The second kappa shape index (κ2) is 6.89. The van der Waals surface area contributed by atoms with Gasteiger partial charge in [-0.15, -0.1) is 0 Å². The van der Waals surface area contributed by atoms with Gasteiger partial charge < -0.3 is 19.5 Å². The van der Waals surface area contributed by atoms with Crippen molar-refractivity contribution in [3.05, 3.63) is 0 Å². The van der Waals surface area contributed by atoms with Crippen molar-refractivity contribution in [1.82, 2.24) is 4.90 Å². The zero-order chi connectivity index (χ0) is 16.2. The molecule has 7 heteroatoms. The Kier molecular flexibility index (Phi) is 5.71. The van der Waals surface area contributed by atoms with Gasteiger partial charge in [0.1, 0.15) is 6.23 Å². The molecule has 21 heavy (non-hydrogen) atoms. The lowest BCUT2D eigenvalue weighted by Gasteiger charge is -2.34. The summed E-state index contributed by atoms with van der Waals surface area (Å²) in [6.07, 6.45) is -0.0289. The first-order chi connectivity index (χ1) is 9.68. The maximum absolute atomic E-state index is 12.3. The molecule has 0 aliphatic carbocycles.